The van der Waals surface area contributed by atoms with E-state index in [9.17, 15) is 0 Å². The van der Waals surface area contributed by atoms with E-state index >= 15 is 0 Å². The largest absolute Gasteiger partial charge is 0.403 e. The Kier molecular flexibility index (Phi) is 2.74. The van der Waals surface area contributed by atoms with Crippen LogP contribution in [0.25, 0.3) is 17.2 Å². The van der Waals surface area contributed by atoms with Crippen LogP contribution in [0.2, 0.25) is 0 Å². The van der Waals surface area contributed by atoms with E-state index in [-0.39, 0.29) is 6.04 Å². The molecule has 5 nitrogen and oxygen atoms in total. The number of anilines is 1. The lowest BCUT2D eigenvalue weighted by molar-refractivity contribution is 0.574. The van der Waals surface area contributed by atoms with E-state index in [1.54, 1.807) is 0 Å². The molecule has 0 amide bonds. The molecule has 3 rings (SSSR count). The molecule has 1 aromatic heterocycles. The summed E-state index contributed by atoms with van der Waals surface area (Å²) in [6, 6.07) is 6.74. The van der Waals surface area contributed by atoms with Crippen molar-refractivity contribution in [1.82, 2.24) is 10.2 Å². The molecule has 0 fully saturated rings. The third kappa shape index (κ3) is 2.19. The fourth-order valence-electron chi connectivity index (χ4n) is 2.13. The number of nitrogens with two attached hydrogens (primary N) is 1. The fraction of sp³-hybridized carbons (Fsp3) is 0.286. The van der Waals surface area contributed by atoms with E-state index in [4.69, 9.17) is 10.2 Å². The lowest BCUT2D eigenvalue weighted by Gasteiger charge is -2.04. The Morgan fingerprint density at radius 2 is 2.16 bits per heavy atom. The third-order valence-electron chi connectivity index (χ3n) is 3.05. The van der Waals surface area contributed by atoms with Gasteiger partial charge in [0.1, 0.15) is 0 Å². The van der Waals surface area contributed by atoms with Crippen LogP contribution in [0.4, 0.5) is 6.01 Å². The molecule has 0 saturated heterocycles. The zero-order valence-corrected chi connectivity index (χ0v) is 11.0. The van der Waals surface area contributed by atoms with Crippen molar-refractivity contribution in [1.29, 1.82) is 0 Å². The second-order valence-electron chi connectivity index (χ2n) is 4.95. The summed E-state index contributed by atoms with van der Waals surface area (Å²) in [6.45, 7) is 4.04. The first-order valence-corrected chi connectivity index (χ1v) is 6.33. The smallest absolute Gasteiger partial charge is 0.315 e. The molecule has 0 saturated carbocycles. The lowest BCUT2D eigenvalue weighted by atomic mass is 10.1. The number of rotatable bonds is 3. The Labute approximate surface area is 111 Å². The van der Waals surface area contributed by atoms with Gasteiger partial charge in [-0.2, -0.15) is 0 Å². The van der Waals surface area contributed by atoms with E-state index in [0.29, 0.717) is 11.9 Å². The quantitative estimate of drug-likeness (QED) is 0.881. The summed E-state index contributed by atoms with van der Waals surface area (Å²) in [5.74, 6) is 0.505. The van der Waals surface area contributed by atoms with Gasteiger partial charge in [-0.05, 0) is 38.0 Å². The summed E-state index contributed by atoms with van der Waals surface area (Å²) in [4.78, 5) is 0. The number of hydrogen-bond acceptors (Lipinski definition) is 5. The van der Waals surface area contributed by atoms with Crippen LogP contribution in [-0.4, -0.2) is 16.2 Å². The Bertz CT molecular complexity index is 643. The molecular weight excluding hydrogens is 240 g/mol. The van der Waals surface area contributed by atoms with Crippen LogP contribution in [0.3, 0.4) is 0 Å². The minimum absolute atomic E-state index is 0.256. The van der Waals surface area contributed by atoms with Gasteiger partial charge in [-0.25, -0.2) is 0 Å². The van der Waals surface area contributed by atoms with Gasteiger partial charge in [0, 0.05) is 22.9 Å². The summed E-state index contributed by atoms with van der Waals surface area (Å²) in [6.07, 6.45) is 2.92. The van der Waals surface area contributed by atoms with Crippen molar-refractivity contribution in [3.05, 3.63) is 35.4 Å². The monoisotopic (exact) mass is 256 g/mol. The SMILES string of the molecule is CC(C)Nc1nnc(-c2ccc3c(c2)C(N)=CC3)o1. The van der Waals surface area contributed by atoms with Crippen molar-refractivity contribution < 1.29 is 4.42 Å². The molecule has 0 radical (unpaired) electrons. The zero-order valence-electron chi connectivity index (χ0n) is 11.0. The molecule has 98 valence electrons. The van der Waals surface area contributed by atoms with E-state index < -0.39 is 0 Å². The molecule has 3 N–H and O–H groups in total. The van der Waals surface area contributed by atoms with Crippen LogP contribution < -0.4 is 11.1 Å². The normalized spacial score (nSPS) is 13.5. The van der Waals surface area contributed by atoms with E-state index in [1.165, 1.54) is 5.56 Å². The summed E-state index contributed by atoms with van der Waals surface area (Å²) < 4.78 is 5.58. The highest BCUT2D eigenvalue weighted by atomic mass is 16.4. The Balaban J connectivity index is 1.92. The molecule has 1 aliphatic carbocycles. The third-order valence-corrected chi connectivity index (χ3v) is 3.05. The number of allylic oxidation sites excluding steroid dienone is 1. The topological polar surface area (TPSA) is 77.0 Å². The number of nitrogens with zero attached hydrogens (tertiary/aromatic N) is 2. The number of fused-ring (bicyclic) bond motifs is 1. The van der Waals surface area contributed by atoms with Crippen LogP contribution in [0.5, 0.6) is 0 Å². The molecule has 1 aromatic carbocycles. The zero-order chi connectivity index (χ0) is 13.4. The maximum atomic E-state index is 5.95. The lowest BCUT2D eigenvalue weighted by Crippen LogP contribution is -2.09. The van der Waals surface area contributed by atoms with Crippen molar-refractivity contribution in [3.8, 4) is 11.5 Å². The Morgan fingerprint density at radius 3 is 2.95 bits per heavy atom. The number of nitrogens with one attached hydrogen (secondary N) is 1. The average molecular weight is 256 g/mol. The van der Waals surface area contributed by atoms with Gasteiger partial charge in [0.25, 0.3) is 0 Å². The first kappa shape index (κ1) is 11.8. The standard InChI is InChI=1S/C14H16N4O/c1-8(2)16-14-18-17-13(19-14)10-4-3-9-5-6-12(15)11(9)7-10/h3-4,6-8H,5,15H2,1-2H3,(H,16,18). The van der Waals surface area contributed by atoms with Crippen molar-refractivity contribution in [2.24, 2.45) is 5.73 Å². The van der Waals surface area contributed by atoms with Crippen molar-refractivity contribution >= 4 is 11.7 Å². The van der Waals surface area contributed by atoms with Crippen LogP contribution in [0, 0.1) is 0 Å². The van der Waals surface area contributed by atoms with E-state index in [0.717, 1.165) is 23.2 Å². The molecule has 0 spiro atoms. The van der Waals surface area contributed by atoms with Gasteiger partial charge >= 0.3 is 6.01 Å². The molecule has 1 heterocycles. The highest BCUT2D eigenvalue weighted by Crippen LogP contribution is 2.29. The molecule has 1 aliphatic rings. The highest BCUT2D eigenvalue weighted by Gasteiger charge is 2.15. The van der Waals surface area contributed by atoms with Crippen molar-refractivity contribution in [2.45, 2.75) is 26.3 Å². The molecule has 0 aliphatic heterocycles. The summed E-state index contributed by atoms with van der Waals surface area (Å²) in [5.41, 5.74) is 9.95. The van der Waals surface area contributed by atoms with Crippen LogP contribution in [-0.2, 0) is 6.42 Å². The van der Waals surface area contributed by atoms with Gasteiger partial charge < -0.3 is 15.5 Å². The summed E-state index contributed by atoms with van der Waals surface area (Å²) in [7, 11) is 0. The van der Waals surface area contributed by atoms with E-state index in [1.807, 2.05) is 32.1 Å². The average Bonchev–Trinajstić information content (AvgIpc) is 2.96. The highest BCUT2D eigenvalue weighted by molar-refractivity contribution is 5.74. The predicted molar refractivity (Wildman–Crippen MR) is 74.4 cm³/mol. The molecule has 0 bridgehead atoms. The van der Waals surface area contributed by atoms with Gasteiger partial charge in [0.15, 0.2) is 0 Å². The molecule has 19 heavy (non-hydrogen) atoms. The molecule has 5 heteroatoms. The first-order valence-electron chi connectivity index (χ1n) is 6.33. The molecule has 0 atom stereocenters. The van der Waals surface area contributed by atoms with E-state index in [2.05, 4.69) is 21.6 Å². The van der Waals surface area contributed by atoms with Crippen LogP contribution in [0.1, 0.15) is 25.0 Å². The summed E-state index contributed by atoms with van der Waals surface area (Å²) >= 11 is 0. The molecule has 0 unspecified atom stereocenters. The molecule has 2 aromatic rings. The van der Waals surface area contributed by atoms with Crippen molar-refractivity contribution in [2.75, 3.05) is 5.32 Å². The minimum atomic E-state index is 0.256. The van der Waals surface area contributed by atoms with Gasteiger partial charge in [-0.3, -0.25) is 0 Å². The minimum Gasteiger partial charge on any atom is -0.403 e. The second-order valence-corrected chi connectivity index (χ2v) is 4.95. The van der Waals surface area contributed by atoms with Crippen LogP contribution in [0.15, 0.2) is 28.7 Å². The van der Waals surface area contributed by atoms with Gasteiger partial charge in [0.05, 0.1) is 0 Å². The summed E-state index contributed by atoms with van der Waals surface area (Å²) in [5, 5.41) is 11.1. The number of benzene rings is 1. The second kappa shape index (κ2) is 4.42. The number of aromatic nitrogens is 2. The Morgan fingerprint density at radius 1 is 1.32 bits per heavy atom. The van der Waals surface area contributed by atoms with Gasteiger partial charge in [0.2, 0.25) is 5.89 Å². The fourth-order valence-corrected chi connectivity index (χ4v) is 2.13. The number of hydrogen-bond donors (Lipinski definition) is 2. The maximum Gasteiger partial charge on any atom is 0.315 e. The van der Waals surface area contributed by atoms with Crippen LogP contribution >= 0.6 is 0 Å². The first-order chi connectivity index (χ1) is 9.13. The Hall–Kier alpha value is -2.30. The molecular formula is C14H16N4O. The maximum absolute atomic E-state index is 5.95. The van der Waals surface area contributed by atoms with Gasteiger partial charge in [-0.15, -0.1) is 5.10 Å². The van der Waals surface area contributed by atoms with Crippen molar-refractivity contribution in [3.63, 3.8) is 0 Å². The van der Waals surface area contributed by atoms with Gasteiger partial charge in [-0.1, -0.05) is 17.2 Å². The predicted octanol–water partition coefficient (Wildman–Crippen LogP) is 2.41.